The van der Waals surface area contributed by atoms with Crippen LogP contribution in [-0.2, 0) is 13.9 Å². The molecule has 0 aliphatic heterocycles. The predicted octanol–water partition coefficient (Wildman–Crippen LogP) is 4.27. The van der Waals surface area contributed by atoms with Crippen molar-refractivity contribution in [3.8, 4) is 0 Å². The molecule has 0 bridgehead atoms. The molecule has 136 valence electrons. The Morgan fingerprint density at radius 3 is 2.35 bits per heavy atom. The molecule has 2 atom stereocenters. The molecule has 0 aromatic heterocycles. The molecule has 0 radical (unpaired) electrons. The second kappa shape index (κ2) is 10.4. The van der Waals surface area contributed by atoms with Crippen LogP contribution in [0.15, 0.2) is 23.8 Å². The second-order valence-corrected chi connectivity index (χ2v) is 12.3. The summed E-state index contributed by atoms with van der Waals surface area (Å²) in [4.78, 5) is 0. The molecule has 0 aromatic carbocycles. The van der Waals surface area contributed by atoms with E-state index in [1.807, 2.05) is 26.0 Å². The molecule has 0 heterocycles. The molecule has 0 amide bonds. The molecule has 4 nitrogen and oxygen atoms in total. The first kappa shape index (κ1) is 22.5. The van der Waals surface area contributed by atoms with Gasteiger partial charge in [0.2, 0.25) is 0 Å². The number of aliphatic hydroxyl groups is 1. The van der Waals surface area contributed by atoms with Gasteiger partial charge in [-0.05, 0) is 37.6 Å². The summed E-state index contributed by atoms with van der Waals surface area (Å²) in [5, 5.41) is 10.2. The zero-order chi connectivity index (χ0) is 18.1. The van der Waals surface area contributed by atoms with Crippen LogP contribution in [0.2, 0.25) is 18.1 Å². The summed E-state index contributed by atoms with van der Waals surface area (Å²) >= 11 is 0. The van der Waals surface area contributed by atoms with E-state index in [0.29, 0.717) is 13.0 Å². The zero-order valence-corrected chi connectivity index (χ0v) is 17.2. The lowest BCUT2D eigenvalue weighted by molar-refractivity contribution is -0.0499. The van der Waals surface area contributed by atoms with Gasteiger partial charge >= 0.3 is 0 Å². The minimum Gasteiger partial charge on any atom is -0.413 e. The monoisotopic (exact) mass is 344 g/mol. The second-order valence-electron chi connectivity index (χ2n) is 7.45. The van der Waals surface area contributed by atoms with Gasteiger partial charge in [0.15, 0.2) is 8.32 Å². The van der Waals surface area contributed by atoms with Crippen LogP contribution in [0.4, 0.5) is 0 Å². The summed E-state index contributed by atoms with van der Waals surface area (Å²) in [6, 6.07) is 0. The van der Waals surface area contributed by atoms with Gasteiger partial charge < -0.3 is 19.0 Å². The molecule has 0 saturated heterocycles. The lowest BCUT2D eigenvalue weighted by Crippen LogP contribution is -2.41. The van der Waals surface area contributed by atoms with Crippen LogP contribution in [0.3, 0.4) is 0 Å². The maximum Gasteiger partial charge on any atom is 0.192 e. The van der Waals surface area contributed by atoms with Gasteiger partial charge in [-0.25, -0.2) is 0 Å². The normalized spacial score (nSPS) is 16.8. The molecule has 0 rings (SSSR count). The summed E-state index contributed by atoms with van der Waals surface area (Å²) in [5.41, 5.74) is 1.06. The highest BCUT2D eigenvalue weighted by Gasteiger charge is 2.37. The fourth-order valence-electron chi connectivity index (χ4n) is 1.78. The van der Waals surface area contributed by atoms with Crippen LogP contribution in [0.1, 0.15) is 41.0 Å². The van der Waals surface area contributed by atoms with Gasteiger partial charge in [-0.3, -0.25) is 0 Å². The van der Waals surface area contributed by atoms with Gasteiger partial charge in [0.25, 0.3) is 0 Å². The van der Waals surface area contributed by atoms with Crippen molar-refractivity contribution < 1.29 is 19.0 Å². The SMILES string of the molecule is C/C=C/[C@@H](O)C/C(=C\[C@@H](C)OCOC)CO[Si](C)(C)C(C)(C)C. The first-order valence-electron chi connectivity index (χ1n) is 8.28. The van der Waals surface area contributed by atoms with E-state index in [2.05, 4.69) is 33.9 Å². The van der Waals surface area contributed by atoms with E-state index in [9.17, 15) is 5.11 Å². The van der Waals surface area contributed by atoms with Gasteiger partial charge in [-0.15, -0.1) is 0 Å². The highest BCUT2D eigenvalue weighted by atomic mass is 28.4. The van der Waals surface area contributed by atoms with E-state index in [1.165, 1.54) is 0 Å². The van der Waals surface area contributed by atoms with E-state index in [-0.39, 0.29) is 17.9 Å². The summed E-state index contributed by atoms with van der Waals surface area (Å²) < 4.78 is 16.7. The largest absolute Gasteiger partial charge is 0.413 e. The van der Waals surface area contributed by atoms with Crippen molar-refractivity contribution in [2.45, 2.75) is 71.4 Å². The van der Waals surface area contributed by atoms with Crippen molar-refractivity contribution >= 4 is 8.32 Å². The topological polar surface area (TPSA) is 47.9 Å². The molecule has 0 fully saturated rings. The Balaban J connectivity index is 4.95. The third-order valence-electron chi connectivity index (χ3n) is 4.23. The molecule has 0 aliphatic rings. The third kappa shape index (κ3) is 9.42. The quantitative estimate of drug-likeness (QED) is 0.365. The minimum absolute atomic E-state index is 0.0780. The summed E-state index contributed by atoms with van der Waals surface area (Å²) in [6.07, 6.45) is 5.66. The number of methoxy groups -OCH3 is 1. The Morgan fingerprint density at radius 2 is 1.87 bits per heavy atom. The van der Waals surface area contributed by atoms with Gasteiger partial charge in [0.05, 0.1) is 18.8 Å². The molecular formula is C18H36O4Si. The first-order chi connectivity index (χ1) is 10.5. The van der Waals surface area contributed by atoms with Gasteiger partial charge in [-0.2, -0.15) is 0 Å². The Morgan fingerprint density at radius 1 is 1.26 bits per heavy atom. The number of allylic oxidation sites excluding steroid dienone is 1. The Bertz CT molecular complexity index is 383. The van der Waals surface area contributed by atoms with Crippen LogP contribution in [-0.4, -0.2) is 46.1 Å². The average Bonchev–Trinajstić information content (AvgIpc) is 2.41. The molecule has 0 spiro atoms. The van der Waals surface area contributed by atoms with E-state index >= 15 is 0 Å². The fraction of sp³-hybridized carbons (Fsp3) is 0.778. The zero-order valence-electron chi connectivity index (χ0n) is 16.2. The smallest absolute Gasteiger partial charge is 0.192 e. The molecular weight excluding hydrogens is 308 g/mol. The van der Waals surface area contributed by atoms with Crippen molar-refractivity contribution in [3.63, 3.8) is 0 Å². The summed E-state index contributed by atoms with van der Waals surface area (Å²) in [6.45, 7) is 15.8. The van der Waals surface area contributed by atoms with Crippen LogP contribution in [0, 0.1) is 0 Å². The maximum atomic E-state index is 10.1. The van der Waals surface area contributed by atoms with Gasteiger partial charge in [0, 0.05) is 13.5 Å². The molecule has 0 aromatic rings. The van der Waals surface area contributed by atoms with Crippen LogP contribution in [0.5, 0.6) is 0 Å². The minimum atomic E-state index is -1.82. The molecule has 1 N–H and O–H groups in total. The predicted molar refractivity (Wildman–Crippen MR) is 99.1 cm³/mol. The van der Waals surface area contributed by atoms with Crippen LogP contribution in [0.25, 0.3) is 0 Å². The van der Waals surface area contributed by atoms with Crippen molar-refractivity contribution in [2.24, 2.45) is 0 Å². The number of hydrogen-bond acceptors (Lipinski definition) is 4. The number of rotatable bonds is 10. The fourth-order valence-corrected chi connectivity index (χ4v) is 2.76. The lowest BCUT2D eigenvalue weighted by Gasteiger charge is -2.36. The lowest BCUT2D eigenvalue weighted by atomic mass is 10.1. The number of ether oxygens (including phenoxy) is 2. The average molecular weight is 345 g/mol. The molecule has 0 aliphatic carbocycles. The van der Waals surface area contributed by atoms with E-state index in [1.54, 1.807) is 13.2 Å². The van der Waals surface area contributed by atoms with E-state index in [4.69, 9.17) is 13.9 Å². The standard InChI is InChI=1S/C18H36O4Si/c1-9-10-17(19)12-16(11-15(2)21-14-20-6)13-22-23(7,8)18(3,4)5/h9-11,15,17,19H,12-14H2,1-8H3/b10-9+,16-11+/t15-,17-/m1/s1. The van der Waals surface area contributed by atoms with E-state index < -0.39 is 14.4 Å². The number of hydrogen-bond donors (Lipinski definition) is 1. The first-order valence-corrected chi connectivity index (χ1v) is 11.2. The van der Waals surface area contributed by atoms with Crippen molar-refractivity contribution in [1.82, 2.24) is 0 Å². The Hall–Kier alpha value is -0.463. The number of aliphatic hydroxyl groups excluding tert-OH is 1. The maximum absolute atomic E-state index is 10.1. The molecule has 5 heteroatoms. The highest BCUT2D eigenvalue weighted by Crippen LogP contribution is 2.36. The van der Waals surface area contributed by atoms with Crippen LogP contribution < -0.4 is 0 Å². The summed E-state index contributed by atoms with van der Waals surface area (Å²) in [5.74, 6) is 0. The molecule has 23 heavy (non-hydrogen) atoms. The highest BCUT2D eigenvalue weighted by molar-refractivity contribution is 6.74. The molecule has 0 unspecified atom stereocenters. The van der Waals surface area contributed by atoms with Gasteiger partial charge in [0.1, 0.15) is 6.79 Å². The Labute approximate surface area is 143 Å². The van der Waals surface area contributed by atoms with Crippen molar-refractivity contribution in [2.75, 3.05) is 20.5 Å². The third-order valence-corrected chi connectivity index (χ3v) is 8.71. The van der Waals surface area contributed by atoms with Crippen LogP contribution >= 0.6 is 0 Å². The van der Waals surface area contributed by atoms with Crippen molar-refractivity contribution in [3.05, 3.63) is 23.8 Å². The van der Waals surface area contributed by atoms with Gasteiger partial charge in [-0.1, -0.05) is 39.0 Å². The molecule has 0 saturated carbocycles. The van der Waals surface area contributed by atoms with E-state index in [0.717, 1.165) is 5.57 Å². The summed E-state index contributed by atoms with van der Waals surface area (Å²) in [7, 11) is -0.215. The van der Waals surface area contributed by atoms with Crippen molar-refractivity contribution in [1.29, 1.82) is 0 Å². The Kier molecular flexibility index (Phi) is 10.2.